The first-order chi connectivity index (χ1) is 22.2. The number of alkyl halides is 3. The van der Waals surface area contributed by atoms with Crippen molar-refractivity contribution >= 4 is 34.8 Å². The van der Waals surface area contributed by atoms with Crippen LogP contribution in [-0.4, -0.2) is 77.7 Å². The molecule has 13 heteroatoms. The van der Waals surface area contributed by atoms with E-state index in [1.54, 1.807) is 48.2 Å². The highest BCUT2D eigenvalue weighted by Crippen LogP contribution is 2.31. The average molecular weight is 656 g/mol. The summed E-state index contributed by atoms with van der Waals surface area (Å²) < 4.78 is 44.1. The Kier molecular flexibility index (Phi) is 11.5. The topological polar surface area (TPSA) is 137 Å². The van der Waals surface area contributed by atoms with Crippen LogP contribution in [0.4, 0.5) is 30.2 Å². The summed E-state index contributed by atoms with van der Waals surface area (Å²) in [4.78, 5) is 42.1. The number of nitrogens with two attached hydrogens (primary N) is 1. The Labute approximate surface area is 271 Å². The molecule has 4 rings (SSSR count). The predicted octanol–water partition coefficient (Wildman–Crippen LogP) is 5.15. The normalized spacial score (nSPS) is 17.3. The lowest BCUT2D eigenvalue weighted by atomic mass is 9.99. The Morgan fingerprint density at radius 1 is 1.11 bits per heavy atom. The number of anilines is 3. The van der Waals surface area contributed by atoms with E-state index in [9.17, 15) is 32.7 Å². The third-order valence-electron chi connectivity index (χ3n) is 7.95. The predicted molar refractivity (Wildman–Crippen MR) is 173 cm³/mol. The number of nitrogens with zero attached hydrogens (tertiary/aromatic N) is 2. The van der Waals surface area contributed by atoms with Gasteiger partial charge in [-0.25, -0.2) is 0 Å². The summed E-state index contributed by atoms with van der Waals surface area (Å²) in [5.41, 5.74) is 8.66. The second-order valence-corrected chi connectivity index (χ2v) is 11.9. The highest BCUT2D eigenvalue weighted by Gasteiger charge is 2.34. The quantitative estimate of drug-likeness (QED) is 0.210. The summed E-state index contributed by atoms with van der Waals surface area (Å²) in [6.07, 6.45) is -6.87. The van der Waals surface area contributed by atoms with E-state index in [1.807, 2.05) is 26.1 Å². The number of aliphatic hydroxyl groups is 1. The molecule has 10 nitrogen and oxygen atoms in total. The smallest absolute Gasteiger partial charge is 0.389 e. The Morgan fingerprint density at radius 2 is 1.81 bits per heavy atom. The van der Waals surface area contributed by atoms with Gasteiger partial charge in [-0.15, -0.1) is 0 Å². The number of nitrogens with one attached hydrogen (secondary N) is 2. The van der Waals surface area contributed by atoms with Crippen LogP contribution in [0, 0.1) is 5.92 Å². The fourth-order valence-electron chi connectivity index (χ4n) is 5.25. The minimum absolute atomic E-state index is 0.129. The molecular weight excluding hydrogens is 615 g/mol. The number of amides is 3. The maximum absolute atomic E-state index is 13.6. The molecular formula is C34H40F3N5O5. The number of hydrogen-bond acceptors (Lipinski definition) is 7. The van der Waals surface area contributed by atoms with Crippen LogP contribution < -0.4 is 21.1 Å². The van der Waals surface area contributed by atoms with E-state index in [2.05, 4.69) is 15.5 Å². The van der Waals surface area contributed by atoms with Gasteiger partial charge in [0.1, 0.15) is 11.9 Å². The number of para-hydroxylation sites is 2. The van der Waals surface area contributed by atoms with Crippen LogP contribution >= 0.6 is 0 Å². The van der Waals surface area contributed by atoms with Crippen molar-refractivity contribution in [1.29, 1.82) is 0 Å². The molecule has 0 unspecified atom stereocenters. The van der Waals surface area contributed by atoms with Gasteiger partial charge in [0.05, 0.1) is 36.0 Å². The van der Waals surface area contributed by atoms with Gasteiger partial charge in [0.25, 0.3) is 11.8 Å². The lowest BCUT2D eigenvalue weighted by Crippen LogP contribution is -2.49. The number of ether oxygens (including phenoxy) is 1. The Hall–Kier alpha value is -4.62. The Balaban J connectivity index is 1.47. The molecule has 1 heterocycles. The molecule has 252 valence electrons. The summed E-state index contributed by atoms with van der Waals surface area (Å²) >= 11 is 0. The lowest BCUT2D eigenvalue weighted by molar-refractivity contribution is -0.142. The van der Waals surface area contributed by atoms with Crippen LogP contribution in [0.1, 0.15) is 53.0 Å². The van der Waals surface area contributed by atoms with E-state index in [0.717, 1.165) is 5.56 Å². The maximum Gasteiger partial charge on any atom is 0.389 e. The van der Waals surface area contributed by atoms with Gasteiger partial charge in [0.15, 0.2) is 0 Å². The molecule has 0 saturated heterocycles. The van der Waals surface area contributed by atoms with Crippen LogP contribution in [0.25, 0.3) is 0 Å². The molecule has 0 bridgehead atoms. The zero-order chi connectivity index (χ0) is 34.3. The third-order valence-corrected chi connectivity index (χ3v) is 7.95. The highest BCUT2D eigenvalue weighted by molar-refractivity contribution is 6.05. The Bertz CT molecular complexity index is 1570. The number of halogens is 3. The van der Waals surface area contributed by atoms with Gasteiger partial charge in [-0.1, -0.05) is 31.2 Å². The van der Waals surface area contributed by atoms with E-state index in [1.165, 1.54) is 18.2 Å². The molecule has 47 heavy (non-hydrogen) atoms. The van der Waals surface area contributed by atoms with Crippen LogP contribution in [-0.2, 0) is 11.3 Å². The largest absolute Gasteiger partial charge is 0.488 e. The first kappa shape index (κ1) is 35.2. The SMILES string of the molecule is C[C@@H]1CN([C@@H](C)CO)C(=O)c2cc(NC(=O)CCC(F)(F)F)ccc2O[C@H]1CN(C)Cc1ccc(C(=O)Nc2ccccc2N)cc1. The summed E-state index contributed by atoms with van der Waals surface area (Å²) in [5.74, 6) is -1.42. The standard InChI is InChI=1S/C34H40F3N5O5/c1-21-17-42(22(2)20-43)33(46)26-16-25(39-31(44)14-15-34(35,36)37)12-13-29(26)47-30(21)19-41(3)18-23-8-10-24(11-9-23)32(45)40-28-7-5-4-6-27(28)38/h4-13,16,21-22,30,43H,14-15,17-20,38H2,1-3H3,(H,39,44)(H,40,45)/t21-,22+,30+/m1/s1. The van der Waals surface area contributed by atoms with Crippen LogP contribution in [0.5, 0.6) is 5.75 Å². The van der Waals surface area contributed by atoms with Gasteiger partial charge in [-0.05, 0) is 62.0 Å². The molecule has 0 aromatic heterocycles. The number of benzene rings is 3. The van der Waals surface area contributed by atoms with Crippen molar-refractivity contribution < 1.29 is 37.4 Å². The molecule has 0 aliphatic carbocycles. The maximum atomic E-state index is 13.6. The van der Waals surface area contributed by atoms with E-state index >= 15 is 0 Å². The molecule has 3 amide bonds. The van der Waals surface area contributed by atoms with Gasteiger partial charge in [0, 0.05) is 43.2 Å². The molecule has 3 aromatic rings. The van der Waals surface area contributed by atoms with Crippen molar-refractivity contribution in [3.05, 3.63) is 83.4 Å². The number of fused-ring (bicyclic) bond motifs is 1. The van der Waals surface area contributed by atoms with Crippen LogP contribution in [0.2, 0.25) is 0 Å². The molecule has 1 aliphatic heterocycles. The van der Waals surface area contributed by atoms with Crippen LogP contribution in [0.15, 0.2) is 66.7 Å². The number of rotatable bonds is 11. The molecule has 0 radical (unpaired) electrons. The van der Waals surface area contributed by atoms with Gasteiger partial charge < -0.3 is 31.1 Å². The van der Waals surface area contributed by atoms with Crippen molar-refractivity contribution in [1.82, 2.24) is 9.80 Å². The number of likely N-dealkylation sites (N-methyl/N-ethyl adjacent to an activating group) is 1. The summed E-state index contributed by atoms with van der Waals surface area (Å²) in [5, 5.41) is 15.1. The number of carbonyl (C=O) groups is 3. The minimum Gasteiger partial charge on any atom is -0.488 e. The highest BCUT2D eigenvalue weighted by atomic mass is 19.4. The fraction of sp³-hybridized carbons (Fsp3) is 0.382. The molecule has 5 N–H and O–H groups in total. The summed E-state index contributed by atoms with van der Waals surface area (Å²) in [7, 11) is 1.92. The second-order valence-electron chi connectivity index (χ2n) is 11.9. The number of nitrogen functional groups attached to an aromatic ring is 1. The summed E-state index contributed by atoms with van der Waals surface area (Å²) in [6.45, 7) is 4.66. The molecule has 1 aliphatic rings. The second kappa shape index (κ2) is 15.3. The van der Waals surface area contributed by atoms with Gasteiger partial charge in [0.2, 0.25) is 5.91 Å². The molecule has 0 fully saturated rings. The van der Waals surface area contributed by atoms with Gasteiger partial charge in [-0.3, -0.25) is 19.3 Å². The van der Waals surface area contributed by atoms with Crippen molar-refractivity contribution in [2.45, 2.75) is 51.6 Å². The van der Waals surface area contributed by atoms with Crippen molar-refractivity contribution in [2.75, 3.05) is 43.1 Å². The first-order valence-electron chi connectivity index (χ1n) is 15.3. The zero-order valence-corrected chi connectivity index (χ0v) is 26.5. The number of hydrogen-bond donors (Lipinski definition) is 4. The van der Waals surface area contributed by atoms with Crippen molar-refractivity contribution in [3.63, 3.8) is 0 Å². The molecule has 0 spiro atoms. The average Bonchev–Trinajstić information content (AvgIpc) is 3.02. The zero-order valence-electron chi connectivity index (χ0n) is 26.5. The first-order valence-corrected chi connectivity index (χ1v) is 15.3. The monoisotopic (exact) mass is 655 g/mol. The minimum atomic E-state index is -4.47. The molecule has 3 aromatic carbocycles. The van der Waals surface area contributed by atoms with E-state index in [-0.39, 0.29) is 42.0 Å². The molecule has 0 saturated carbocycles. The van der Waals surface area contributed by atoms with Gasteiger partial charge >= 0.3 is 6.18 Å². The van der Waals surface area contributed by atoms with E-state index < -0.39 is 43.0 Å². The fourth-order valence-corrected chi connectivity index (χ4v) is 5.25. The van der Waals surface area contributed by atoms with Crippen LogP contribution in [0.3, 0.4) is 0 Å². The number of aliphatic hydroxyl groups excluding tert-OH is 1. The lowest BCUT2D eigenvalue weighted by Gasteiger charge is -2.38. The number of carbonyl (C=O) groups excluding carboxylic acids is 3. The van der Waals surface area contributed by atoms with Crippen molar-refractivity contribution in [3.8, 4) is 5.75 Å². The van der Waals surface area contributed by atoms with Gasteiger partial charge in [-0.2, -0.15) is 13.2 Å². The summed E-state index contributed by atoms with van der Waals surface area (Å²) in [6, 6.07) is 18.1. The van der Waals surface area contributed by atoms with E-state index in [0.29, 0.717) is 30.0 Å². The van der Waals surface area contributed by atoms with E-state index in [4.69, 9.17) is 10.5 Å². The Morgan fingerprint density at radius 3 is 2.47 bits per heavy atom. The van der Waals surface area contributed by atoms with Crippen molar-refractivity contribution in [2.24, 2.45) is 5.92 Å². The third kappa shape index (κ3) is 9.69. The molecule has 3 atom stereocenters.